The van der Waals surface area contributed by atoms with Crippen molar-refractivity contribution in [2.24, 2.45) is 0 Å². The van der Waals surface area contributed by atoms with Gasteiger partial charge in [0.1, 0.15) is 5.75 Å². The summed E-state index contributed by atoms with van der Waals surface area (Å²) >= 11 is 4.39. The zero-order valence-electron chi connectivity index (χ0n) is 9.38. The van der Waals surface area contributed by atoms with Gasteiger partial charge in [-0.2, -0.15) is 0 Å². The number of hydrogen-bond acceptors (Lipinski definition) is 5. The SMILES string of the molecule is Cc1cc(Br)cc(-c2nnc(SCC(=O)O)o2)c1. The monoisotopic (exact) mass is 328 g/mol. The van der Waals surface area contributed by atoms with Crippen molar-refractivity contribution in [2.75, 3.05) is 5.75 Å². The summed E-state index contributed by atoms with van der Waals surface area (Å²) in [7, 11) is 0. The molecule has 0 fully saturated rings. The van der Waals surface area contributed by atoms with Gasteiger partial charge in [-0.15, -0.1) is 10.2 Å². The summed E-state index contributed by atoms with van der Waals surface area (Å²) < 4.78 is 6.31. The Bertz CT molecular complexity index is 565. The van der Waals surface area contributed by atoms with E-state index in [1.807, 2.05) is 25.1 Å². The highest BCUT2D eigenvalue weighted by atomic mass is 79.9. The summed E-state index contributed by atoms with van der Waals surface area (Å²) in [6.07, 6.45) is 0. The van der Waals surface area contributed by atoms with Crippen LogP contribution in [0.5, 0.6) is 0 Å². The predicted octanol–water partition coefficient (Wildman–Crippen LogP) is 2.98. The van der Waals surface area contributed by atoms with E-state index < -0.39 is 5.97 Å². The molecule has 1 heterocycles. The van der Waals surface area contributed by atoms with Crippen LogP contribution in [0.1, 0.15) is 5.56 Å². The third-order valence-electron chi connectivity index (χ3n) is 2.01. The standard InChI is InChI=1S/C11H9BrN2O3S/c1-6-2-7(4-8(12)3-6)10-13-14-11(17-10)18-5-9(15)16/h2-4H,5H2,1H3,(H,15,16). The Morgan fingerprint density at radius 1 is 1.44 bits per heavy atom. The summed E-state index contributed by atoms with van der Waals surface area (Å²) in [5.74, 6) is -0.635. The molecule has 2 rings (SSSR count). The van der Waals surface area contributed by atoms with Crippen molar-refractivity contribution in [3.63, 3.8) is 0 Å². The van der Waals surface area contributed by atoms with Crippen molar-refractivity contribution in [2.45, 2.75) is 12.1 Å². The van der Waals surface area contributed by atoms with Gasteiger partial charge in [0.25, 0.3) is 5.22 Å². The van der Waals surface area contributed by atoms with Crippen LogP contribution in [-0.4, -0.2) is 27.0 Å². The van der Waals surface area contributed by atoms with Crippen LogP contribution in [0.4, 0.5) is 0 Å². The van der Waals surface area contributed by atoms with Crippen molar-refractivity contribution in [3.8, 4) is 11.5 Å². The number of rotatable bonds is 4. The molecule has 0 radical (unpaired) electrons. The van der Waals surface area contributed by atoms with E-state index in [1.165, 1.54) is 0 Å². The Kier molecular flexibility index (Phi) is 4.03. The lowest BCUT2D eigenvalue weighted by Crippen LogP contribution is -1.97. The summed E-state index contributed by atoms with van der Waals surface area (Å²) in [6.45, 7) is 1.96. The third-order valence-corrected chi connectivity index (χ3v) is 3.28. The van der Waals surface area contributed by atoms with Gasteiger partial charge in [-0.25, -0.2) is 0 Å². The minimum absolute atomic E-state index is 0.0981. The van der Waals surface area contributed by atoms with Gasteiger partial charge < -0.3 is 9.52 Å². The molecule has 1 N–H and O–H groups in total. The van der Waals surface area contributed by atoms with Gasteiger partial charge in [-0.1, -0.05) is 27.7 Å². The maximum absolute atomic E-state index is 10.4. The molecule has 94 valence electrons. The van der Waals surface area contributed by atoms with Crippen molar-refractivity contribution in [1.82, 2.24) is 10.2 Å². The summed E-state index contributed by atoms with van der Waals surface area (Å²) in [5.41, 5.74) is 1.87. The van der Waals surface area contributed by atoms with Crippen molar-refractivity contribution in [1.29, 1.82) is 0 Å². The number of aryl methyl sites for hydroxylation is 1. The number of thioether (sulfide) groups is 1. The van der Waals surface area contributed by atoms with Crippen LogP contribution in [0.2, 0.25) is 0 Å². The Balaban J connectivity index is 2.21. The second-order valence-electron chi connectivity index (χ2n) is 3.57. The minimum Gasteiger partial charge on any atom is -0.481 e. The zero-order valence-corrected chi connectivity index (χ0v) is 11.8. The van der Waals surface area contributed by atoms with Crippen LogP contribution in [0.25, 0.3) is 11.5 Å². The van der Waals surface area contributed by atoms with E-state index in [2.05, 4.69) is 26.1 Å². The van der Waals surface area contributed by atoms with Gasteiger partial charge in [0.2, 0.25) is 5.89 Å². The molecule has 18 heavy (non-hydrogen) atoms. The van der Waals surface area contributed by atoms with E-state index >= 15 is 0 Å². The lowest BCUT2D eigenvalue weighted by Gasteiger charge is -1.98. The minimum atomic E-state index is -0.918. The quantitative estimate of drug-likeness (QED) is 0.869. The van der Waals surface area contributed by atoms with Gasteiger partial charge in [-0.05, 0) is 30.7 Å². The number of nitrogens with zero attached hydrogens (tertiary/aromatic N) is 2. The van der Waals surface area contributed by atoms with E-state index in [-0.39, 0.29) is 11.0 Å². The molecule has 1 aromatic heterocycles. The first-order valence-electron chi connectivity index (χ1n) is 5.00. The summed E-state index contributed by atoms with van der Waals surface area (Å²) in [5, 5.41) is 16.5. The number of halogens is 1. The summed E-state index contributed by atoms with van der Waals surface area (Å²) in [6, 6.07) is 5.76. The molecule has 0 aliphatic rings. The molecular formula is C11H9BrN2O3S. The second-order valence-corrected chi connectivity index (χ2v) is 5.42. The second kappa shape index (κ2) is 5.53. The normalized spacial score (nSPS) is 10.6. The molecule has 0 atom stereocenters. The Morgan fingerprint density at radius 3 is 2.89 bits per heavy atom. The highest BCUT2D eigenvalue weighted by Gasteiger charge is 2.11. The molecule has 0 bridgehead atoms. The van der Waals surface area contributed by atoms with E-state index in [9.17, 15) is 4.79 Å². The van der Waals surface area contributed by atoms with Gasteiger partial charge in [0.15, 0.2) is 0 Å². The van der Waals surface area contributed by atoms with Crippen molar-refractivity contribution < 1.29 is 14.3 Å². The molecule has 0 aliphatic heterocycles. The van der Waals surface area contributed by atoms with Gasteiger partial charge in [-0.3, -0.25) is 4.79 Å². The largest absolute Gasteiger partial charge is 0.481 e. The number of carboxylic acids is 1. The van der Waals surface area contributed by atoms with Crippen LogP contribution in [0.15, 0.2) is 32.3 Å². The van der Waals surface area contributed by atoms with Crippen LogP contribution >= 0.6 is 27.7 Å². The first-order chi connectivity index (χ1) is 8.54. The molecule has 0 aliphatic carbocycles. The highest BCUT2D eigenvalue weighted by Crippen LogP contribution is 2.26. The maximum Gasteiger partial charge on any atom is 0.314 e. The average molecular weight is 329 g/mol. The predicted molar refractivity (Wildman–Crippen MR) is 70.5 cm³/mol. The fraction of sp³-hybridized carbons (Fsp3) is 0.182. The number of aliphatic carboxylic acids is 1. The Morgan fingerprint density at radius 2 is 2.22 bits per heavy atom. The molecule has 0 amide bonds. The topological polar surface area (TPSA) is 76.2 Å². The zero-order chi connectivity index (χ0) is 13.1. The van der Waals surface area contributed by atoms with E-state index in [1.54, 1.807) is 0 Å². The number of carboxylic acid groups (broad SMARTS) is 1. The third kappa shape index (κ3) is 3.33. The number of aromatic nitrogens is 2. The van der Waals surface area contributed by atoms with Crippen LogP contribution in [0.3, 0.4) is 0 Å². The number of hydrogen-bond donors (Lipinski definition) is 1. The van der Waals surface area contributed by atoms with Gasteiger partial charge >= 0.3 is 5.97 Å². The molecule has 0 saturated carbocycles. The van der Waals surface area contributed by atoms with Crippen LogP contribution in [0, 0.1) is 6.92 Å². The Hall–Kier alpha value is -1.34. The first kappa shape index (κ1) is 13.1. The van der Waals surface area contributed by atoms with Gasteiger partial charge in [0, 0.05) is 10.0 Å². The molecule has 0 spiro atoms. The fourth-order valence-corrected chi connectivity index (χ4v) is 2.46. The Labute approximate surface area is 116 Å². The molecular weight excluding hydrogens is 320 g/mol. The average Bonchev–Trinajstić information content (AvgIpc) is 2.73. The van der Waals surface area contributed by atoms with Crippen LogP contribution < -0.4 is 0 Å². The lowest BCUT2D eigenvalue weighted by molar-refractivity contribution is -0.133. The smallest absolute Gasteiger partial charge is 0.314 e. The van der Waals surface area contributed by atoms with E-state index in [4.69, 9.17) is 9.52 Å². The number of carbonyl (C=O) groups is 1. The fourth-order valence-electron chi connectivity index (χ4n) is 1.37. The molecule has 0 saturated heterocycles. The highest BCUT2D eigenvalue weighted by molar-refractivity contribution is 9.10. The van der Waals surface area contributed by atoms with Gasteiger partial charge in [0.05, 0.1) is 0 Å². The summed E-state index contributed by atoms with van der Waals surface area (Å²) in [4.78, 5) is 10.4. The molecule has 0 unspecified atom stereocenters. The maximum atomic E-state index is 10.4. The molecule has 2 aromatic rings. The van der Waals surface area contributed by atoms with Crippen molar-refractivity contribution in [3.05, 3.63) is 28.2 Å². The first-order valence-corrected chi connectivity index (χ1v) is 6.78. The van der Waals surface area contributed by atoms with Crippen LogP contribution in [-0.2, 0) is 4.79 Å². The van der Waals surface area contributed by atoms with Crippen molar-refractivity contribution >= 4 is 33.7 Å². The molecule has 5 nitrogen and oxygen atoms in total. The van der Waals surface area contributed by atoms with E-state index in [0.29, 0.717) is 5.89 Å². The molecule has 1 aromatic carbocycles. The molecule has 7 heteroatoms. The number of benzene rings is 1. The van der Waals surface area contributed by atoms with E-state index in [0.717, 1.165) is 27.4 Å². The lowest BCUT2D eigenvalue weighted by atomic mass is 10.1.